The lowest BCUT2D eigenvalue weighted by Gasteiger charge is -2.02. The molecule has 0 saturated carbocycles. The Kier molecular flexibility index (Phi) is 4.48. The molecule has 0 aliphatic rings. The number of para-hydroxylation sites is 1. The molecular weight excluding hydrogens is 291 g/mol. The Morgan fingerprint density at radius 1 is 1.00 bits per heavy atom. The summed E-state index contributed by atoms with van der Waals surface area (Å²) in [6.45, 7) is 0. The van der Waals surface area contributed by atoms with Gasteiger partial charge in [0, 0.05) is 10.6 Å². The minimum atomic E-state index is 0.408. The molecule has 0 amide bonds. The van der Waals surface area contributed by atoms with E-state index in [-0.39, 0.29) is 0 Å². The summed E-state index contributed by atoms with van der Waals surface area (Å²) in [6, 6.07) is 12.9. The van der Waals surface area contributed by atoms with Gasteiger partial charge in [0.25, 0.3) is 0 Å². The van der Waals surface area contributed by atoms with Gasteiger partial charge < -0.3 is 0 Å². The number of halogens is 3. The van der Waals surface area contributed by atoms with Gasteiger partial charge >= 0.3 is 0 Å². The molecule has 0 unspecified atom stereocenters. The van der Waals surface area contributed by atoms with Gasteiger partial charge in [-0.25, -0.2) is 0 Å². The molecule has 5 heteroatoms. The zero-order chi connectivity index (χ0) is 13.0. The standard InChI is InChI=1S/C13H9Cl3N2/c14-10-6-9(13(16)12(15)7-10)8-17-18-11-4-2-1-3-5-11/h1-8,18H. The maximum Gasteiger partial charge on any atom is 0.0681 e. The van der Waals surface area contributed by atoms with Crippen molar-refractivity contribution in [1.82, 2.24) is 0 Å². The van der Waals surface area contributed by atoms with E-state index in [1.807, 2.05) is 30.3 Å². The maximum absolute atomic E-state index is 6.04. The quantitative estimate of drug-likeness (QED) is 0.476. The van der Waals surface area contributed by atoms with E-state index in [0.29, 0.717) is 20.6 Å². The molecule has 0 aliphatic carbocycles. The zero-order valence-electron chi connectivity index (χ0n) is 9.20. The van der Waals surface area contributed by atoms with Crippen LogP contribution in [0.3, 0.4) is 0 Å². The van der Waals surface area contributed by atoms with E-state index >= 15 is 0 Å². The van der Waals surface area contributed by atoms with Crippen molar-refractivity contribution in [2.24, 2.45) is 5.10 Å². The van der Waals surface area contributed by atoms with Crippen molar-refractivity contribution < 1.29 is 0 Å². The number of hydrogen-bond acceptors (Lipinski definition) is 2. The van der Waals surface area contributed by atoms with E-state index in [4.69, 9.17) is 34.8 Å². The van der Waals surface area contributed by atoms with Gasteiger partial charge in [0.15, 0.2) is 0 Å². The predicted octanol–water partition coefficient (Wildman–Crippen LogP) is 5.09. The first kappa shape index (κ1) is 13.2. The maximum atomic E-state index is 6.04. The van der Waals surface area contributed by atoms with Crippen molar-refractivity contribution >= 4 is 46.7 Å². The molecule has 18 heavy (non-hydrogen) atoms. The highest BCUT2D eigenvalue weighted by molar-refractivity contribution is 6.44. The van der Waals surface area contributed by atoms with Crippen LogP contribution < -0.4 is 5.43 Å². The van der Waals surface area contributed by atoms with Crippen LogP contribution in [-0.4, -0.2) is 6.21 Å². The zero-order valence-corrected chi connectivity index (χ0v) is 11.5. The van der Waals surface area contributed by atoms with Crippen molar-refractivity contribution in [2.45, 2.75) is 0 Å². The fourth-order valence-corrected chi connectivity index (χ4v) is 2.03. The third kappa shape index (κ3) is 3.39. The molecule has 2 nitrogen and oxygen atoms in total. The van der Waals surface area contributed by atoms with Gasteiger partial charge in [-0.3, -0.25) is 5.43 Å². The smallest absolute Gasteiger partial charge is 0.0681 e. The lowest BCUT2D eigenvalue weighted by Crippen LogP contribution is -1.91. The van der Waals surface area contributed by atoms with Crippen molar-refractivity contribution in [2.75, 3.05) is 5.43 Å². The van der Waals surface area contributed by atoms with Crippen LogP contribution in [-0.2, 0) is 0 Å². The summed E-state index contributed by atoms with van der Waals surface area (Å²) in [6.07, 6.45) is 1.58. The number of anilines is 1. The Hall–Kier alpha value is -1.22. The molecule has 0 radical (unpaired) electrons. The fraction of sp³-hybridized carbons (Fsp3) is 0. The van der Waals surface area contributed by atoms with Gasteiger partial charge in [-0.15, -0.1) is 0 Å². The Bertz CT molecular complexity index is 568. The number of rotatable bonds is 3. The van der Waals surface area contributed by atoms with Gasteiger partial charge in [0.2, 0.25) is 0 Å². The molecule has 1 N–H and O–H groups in total. The van der Waals surface area contributed by atoms with E-state index in [0.717, 1.165) is 5.69 Å². The summed E-state index contributed by atoms with van der Waals surface area (Å²) in [7, 11) is 0. The van der Waals surface area contributed by atoms with Crippen molar-refractivity contribution in [1.29, 1.82) is 0 Å². The molecule has 0 heterocycles. The second-order valence-corrected chi connectivity index (χ2v) is 4.75. The molecule has 2 aromatic carbocycles. The monoisotopic (exact) mass is 298 g/mol. The molecule has 2 aromatic rings. The highest BCUT2D eigenvalue weighted by Gasteiger charge is 2.04. The third-order valence-electron chi connectivity index (χ3n) is 2.19. The molecule has 0 saturated heterocycles. The summed E-state index contributed by atoms with van der Waals surface area (Å²) in [5.41, 5.74) is 4.44. The number of hydrazone groups is 1. The van der Waals surface area contributed by atoms with Crippen LogP contribution in [0, 0.1) is 0 Å². The Balaban J connectivity index is 2.15. The van der Waals surface area contributed by atoms with E-state index in [9.17, 15) is 0 Å². The molecule has 0 bridgehead atoms. The highest BCUT2D eigenvalue weighted by Crippen LogP contribution is 2.28. The lowest BCUT2D eigenvalue weighted by molar-refractivity contribution is 1.35. The van der Waals surface area contributed by atoms with Crippen LogP contribution >= 0.6 is 34.8 Å². The van der Waals surface area contributed by atoms with E-state index in [1.54, 1.807) is 18.3 Å². The molecular formula is C13H9Cl3N2. The highest BCUT2D eigenvalue weighted by atomic mass is 35.5. The first-order chi connectivity index (χ1) is 8.66. The van der Waals surface area contributed by atoms with Crippen molar-refractivity contribution in [3.63, 3.8) is 0 Å². The van der Waals surface area contributed by atoms with Crippen molar-refractivity contribution in [3.8, 4) is 0 Å². The summed E-state index contributed by atoms with van der Waals surface area (Å²) in [4.78, 5) is 0. The van der Waals surface area contributed by atoms with Crippen LogP contribution in [0.2, 0.25) is 15.1 Å². The first-order valence-corrected chi connectivity index (χ1v) is 6.29. The molecule has 0 spiro atoms. The van der Waals surface area contributed by atoms with E-state index in [1.165, 1.54) is 0 Å². The third-order valence-corrected chi connectivity index (χ3v) is 3.23. The second-order valence-electron chi connectivity index (χ2n) is 3.53. The summed E-state index contributed by atoms with van der Waals surface area (Å²) in [5.74, 6) is 0. The van der Waals surface area contributed by atoms with Gasteiger partial charge in [0.1, 0.15) is 0 Å². The first-order valence-electron chi connectivity index (χ1n) is 5.15. The molecule has 92 valence electrons. The molecule has 2 rings (SSSR count). The topological polar surface area (TPSA) is 24.4 Å². The van der Waals surface area contributed by atoms with Gasteiger partial charge in [-0.05, 0) is 24.3 Å². The van der Waals surface area contributed by atoms with E-state index < -0.39 is 0 Å². The summed E-state index contributed by atoms with van der Waals surface area (Å²) >= 11 is 17.8. The molecule has 0 aliphatic heterocycles. The Morgan fingerprint density at radius 2 is 1.72 bits per heavy atom. The van der Waals surface area contributed by atoms with Crippen LogP contribution in [0.4, 0.5) is 5.69 Å². The average Bonchev–Trinajstić information content (AvgIpc) is 2.36. The van der Waals surface area contributed by atoms with Crippen LogP contribution in [0.15, 0.2) is 47.6 Å². The van der Waals surface area contributed by atoms with Crippen LogP contribution in [0.5, 0.6) is 0 Å². The molecule has 0 fully saturated rings. The number of hydrogen-bond donors (Lipinski definition) is 1. The number of benzene rings is 2. The van der Waals surface area contributed by atoms with Gasteiger partial charge in [-0.1, -0.05) is 53.0 Å². The summed E-state index contributed by atoms with van der Waals surface area (Å²) < 4.78 is 0. The fourth-order valence-electron chi connectivity index (χ4n) is 1.36. The van der Waals surface area contributed by atoms with Gasteiger partial charge in [0.05, 0.1) is 21.9 Å². The normalized spacial score (nSPS) is 10.8. The lowest BCUT2D eigenvalue weighted by atomic mass is 10.2. The number of nitrogens with zero attached hydrogens (tertiary/aromatic N) is 1. The van der Waals surface area contributed by atoms with Crippen molar-refractivity contribution in [3.05, 3.63) is 63.1 Å². The number of nitrogens with one attached hydrogen (secondary N) is 1. The van der Waals surface area contributed by atoms with Crippen LogP contribution in [0.1, 0.15) is 5.56 Å². The predicted molar refractivity (Wildman–Crippen MR) is 79.1 cm³/mol. The molecule has 0 atom stereocenters. The van der Waals surface area contributed by atoms with Gasteiger partial charge in [-0.2, -0.15) is 5.10 Å². The molecule has 0 aromatic heterocycles. The minimum absolute atomic E-state index is 0.408. The Morgan fingerprint density at radius 3 is 2.44 bits per heavy atom. The van der Waals surface area contributed by atoms with Crippen LogP contribution in [0.25, 0.3) is 0 Å². The average molecular weight is 300 g/mol. The summed E-state index contributed by atoms with van der Waals surface area (Å²) in [5, 5.41) is 5.44. The SMILES string of the molecule is Clc1cc(Cl)c(Cl)c(C=NNc2ccccc2)c1. The largest absolute Gasteiger partial charge is 0.279 e. The second kappa shape index (κ2) is 6.10. The Labute approximate surface area is 120 Å². The van der Waals surface area contributed by atoms with E-state index in [2.05, 4.69) is 10.5 Å². The minimum Gasteiger partial charge on any atom is -0.279 e.